The number of amides is 1. The molecule has 6 nitrogen and oxygen atoms in total. The Morgan fingerprint density at radius 3 is 2.46 bits per heavy atom. The summed E-state index contributed by atoms with van der Waals surface area (Å²) in [6.45, 7) is 1.65. The third kappa shape index (κ3) is 3.28. The van der Waals surface area contributed by atoms with Gasteiger partial charge in [-0.3, -0.25) is 4.79 Å². The second kappa shape index (κ2) is 6.72. The Morgan fingerprint density at radius 2 is 1.79 bits per heavy atom. The molecular weight excluding hydrogens is 328 g/mol. The molecule has 0 N–H and O–H groups in total. The number of ether oxygens (including phenoxy) is 1. The van der Waals surface area contributed by atoms with Crippen LogP contribution >= 0.6 is 0 Å². The number of nitrogens with zero attached hydrogens (tertiary/aromatic N) is 2. The van der Waals surface area contributed by atoms with Crippen molar-refractivity contribution in [1.29, 1.82) is 0 Å². The van der Waals surface area contributed by atoms with Crippen LogP contribution in [-0.2, 0) is 9.84 Å². The van der Waals surface area contributed by atoms with Gasteiger partial charge in [-0.15, -0.1) is 0 Å². The summed E-state index contributed by atoms with van der Waals surface area (Å²) in [4.78, 5) is 16.6. The van der Waals surface area contributed by atoms with E-state index in [1.807, 2.05) is 7.05 Å². The molecule has 0 spiro atoms. The van der Waals surface area contributed by atoms with E-state index in [4.69, 9.17) is 4.74 Å². The molecular formula is C17H24N2O4S. The zero-order valence-corrected chi connectivity index (χ0v) is 15.0. The Morgan fingerprint density at radius 1 is 1.12 bits per heavy atom. The van der Waals surface area contributed by atoms with Gasteiger partial charge in [0.25, 0.3) is 5.91 Å². The monoisotopic (exact) mass is 352 g/mol. The molecule has 2 aliphatic heterocycles. The number of methoxy groups -OCH3 is 1. The number of carbonyl (C=O) groups excluding carboxylic acids is 1. The normalized spacial score (nSPS) is 27.2. The number of likely N-dealkylation sites (tertiary alicyclic amines) is 1. The van der Waals surface area contributed by atoms with Crippen LogP contribution in [0.3, 0.4) is 0 Å². The number of hydrogen-bond acceptors (Lipinski definition) is 5. The third-order valence-electron chi connectivity index (χ3n) is 5.19. The standard InChI is InChI=1S/C17H24N2O4S/c1-18-11-12-24(21,22)16-8-10-19(9-7-15(16)18)17(20)13-3-5-14(23-2)6-4-13/h3-6,15-16H,7-12H2,1-2H3/t15-,16+/m0/s1. The number of fused-ring (bicyclic) bond motifs is 1. The first-order valence-electron chi connectivity index (χ1n) is 8.27. The van der Waals surface area contributed by atoms with Gasteiger partial charge in [-0.05, 0) is 44.2 Å². The SMILES string of the molecule is COc1ccc(C(=O)N2CC[C@@H]3[C@H](CC2)N(C)CCS3(=O)=O)cc1. The molecule has 2 fully saturated rings. The molecule has 3 rings (SSSR count). The lowest BCUT2D eigenvalue weighted by molar-refractivity contribution is 0.0758. The number of carbonyl (C=O) groups is 1. The van der Waals surface area contributed by atoms with Gasteiger partial charge in [-0.2, -0.15) is 0 Å². The summed E-state index contributed by atoms with van der Waals surface area (Å²) in [5, 5.41) is -0.357. The summed E-state index contributed by atoms with van der Waals surface area (Å²) < 4.78 is 29.9. The summed E-state index contributed by atoms with van der Waals surface area (Å²) in [5.41, 5.74) is 0.608. The molecule has 1 aromatic rings. The van der Waals surface area contributed by atoms with Gasteiger partial charge in [0.05, 0.1) is 18.1 Å². The van der Waals surface area contributed by atoms with Crippen LogP contribution in [-0.4, -0.2) is 75.0 Å². The van der Waals surface area contributed by atoms with Gasteiger partial charge in [0.2, 0.25) is 0 Å². The predicted octanol–water partition coefficient (Wildman–Crippen LogP) is 1.03. The van der Waals surface area contributed by atoms with Crippen LogP contribution < -0.4 is 4.74 Å². The molecule has 0 bridgehead atoms. The van der Waals surface area contributed by atoms with E-state index in [1.165, 1.54) is 0 Å². The van der Waals surface area contributed by atoms with Gasteiger partial charge >= 0.3 is 0 Å². The lowest BCUT2D eigenvalue weighted by Gasteiger charge is -2.37. The van der Waals surface area contributed by atoms with Crippen LogP contribution in [0.5, 0.6) is 5.75 Å². The third-order valence-corrected chi connectivity index (χ3v) is 7.41. The summed E-state index contributed by atoms with van der Waals surface area (Å²) in [6, 6.07) is 7.05. The Kier molecular flexibility index (Phi) is 4.83. The second-order valence-corrected chi connectivity index (χ2v) is 8.89. The van der Waals surface area contributed by atoms with Gasteiger partial charge in [-0.1, -0.05) is 0 Å². The average molecular weight is 352 g/mol. The zero-order chi connectivity index (χ0) is 17.3. The Balaban J connectivity index is 1.75. The fourth-order valence-electron chi connectivity index (χ4n) is 3.69. The van der Waals surface area contributed by atoms with E-state index in [2.05, 4.69) is 4.90 Å². The average Bonchev–Trinajstić information content (AvgIpc) is 2.82. The Labute approximate surface area is 143 Å². The molecule has 2 heterocycles. The van der Waals surface area contributed by atoms with Crippen molar-refractivity contribution in [2.75, 3.05) is 39.5 Å². The minimum Gasteiger partial charge on any atom is -0.497 e. The highest BCUT2D eigenvalue weighted by molar-refractivity contribution is 7.92. The van der Waals surface area contributed by atoms with E-state index in [9.17, 15) is 13.2 Å². The van der Waals surface area contributed by atoms with Crippen LogP contribution in [0, 0.1) is 0 Å². The minimum absolute atomic E-state index is 0.0115. The van der Waals surface area contributed by atoms with Crippen molar-refractivity contribution in [3.05, 3.63) is 29.8 Å². The molecule has 1 amide bonds. The van der Waals surface area contributed by atoms with Crippen molar-refractivity contribution < 1.29 is 17.9 Å². The molecule has 0 saturated carbocycles. The number of hydrogen-bond donors (Lipinski definition) is 0. The molecule has 2 aliphatic rings. The number of sulfone groups is 1. The van der Waals surface area contributed by atoms with Crippen molar-refractivity contribution in [3.63, 3.8) is 0 Å². The predicted molar refractivity (Wildman–Crippen MR) is 92.1 cm³/mol. The summed E-state index contributed by atoms with van der Waals surface area (Å²) in [6.07, 6.45) is 1.21. The molecule has 0 unspecified atom stereocenters. The highest BCUT2D eigenvalue weighted by atomic mass is 32.2. The van der Waals surface area contributed by atoms with E-state index in [1.54, 1.807) is 36.3 Å². The van der Waals surface area contributed by atoms with Gasteiger partial charge in [-0.25, -0.2) is 8.42 Å². The summed E-state index contributed by atoms with van der Waals surface area (Å²) >= 11 is 0. The largest absolute Gasteiger partial charge is 0.497 e. The quantitative estimate of drug-likeness (QED) is 0.795. The topological polar surface area (TPSA) is 66.9 Å². The highest BCUT2D eigenvalue weighted by Crippen LogP contribution is 2.27. The fourth-order valence-corrected chi connectivity index (χ4v) is 5.82. The maximum Gasteiger partial charge on any atom is 0.253 e. The molecule has 0 aliphatic carbocycles. The van der Waals surface area contributed by atoms with E-state index in [-0.39, 0.29) is 23.0 Å². The van der Waals surface area contributed by atoms with Crippen molar-refractivity contribution in [3.8, 4) is 5.75 Å². The first kappa shape index (κ1) is 17.2. The summed E-state index contributed by atoms with van der Waals surface area (Å²) in [5.74, 6) is 0.884. The van der Waals surface area contributed by atoms with Crippen molar-refractivity contribution in [2.24, 2.45) is 0 Å². The van der Waals surface area contributed by atoms with Crippen molar-refractivity contribution in [1.82, 2.24) is 9.80 Å². The first-order valence-corrected chi connectivity index (χ1v) is 9.99. The minimum atomic E-state index is -3.06. The lowest BCUT2D eigenvalue weighted by Crippen LogP contribution is -2.52. The maximum absolute atomic E-state index is 12.7. The Hall–Kier alpha value is -1.60. The van der Waals surface area contributed by atoms with Crippen LogP contribution in [0.2, 0.25) is 0 Å². The van der Waals surface area contributed by atoms with E-state index in [0.717, 1.165) is 0 Å². The molecule has 1 aromatic carbocycles. The molecule has 0 aromatic heterocycles. The molecule has 2 atom stereocenters. The van der Waals surface area contributed by atoms with Gasteiger partial charge in [0.1, 0.15) is 5.75 Å². The zero-order valence-electron chi connectivity index (χ0n) is 14.1. The van der Waals surface area contributed by atoms with Crippen LogP contribution in [0.15, 0.2) is 24.3 Å². The van der Waals surface area contributed by atoms with Crippen LogP contribution in [0.25, 0.3) is 0 Å². The smallest absolute Gasteiger partial charge is 0.253 e. The lowest BCUT2D eigenvalue weighted by atomic mass is 10.1. The highest BCUT2D eigenvalue weighted by Gasteiger charge is 2.41. The van der Waals surface area contributed by atoms with Crippen molar-refractivity contribution in [2.45, 2.75) is 24.1 Å². The molecule has 2 saturated heterocycles. The molecule has 132 valence electrons. The van der Waals surface area contributed by atoms with Gasteiger partial charge in [0, 0.05) is 31.2 Å². The second-order valence-electron chi connectivity index (χ2n) is 6.55. The van der Waals surface area contributed by atoms with E-state index < -0.39 is 9.84 Å². The van der Waals surface area contributed by atoms with E-state index in [0.29, 0.717) is 43.8 Å². The molecule has 0 radical (unpaired) electrons. The molecule has 7 heteroatoms. The Bertz CT molecular complexity index is 702. The van der Waals surface area contributed by atoms with E-state index >= 15 is 0 Å². The van der Waals surface area contributed by atoms with Crippen LogP contribution in [0.1, 0.15) is 23.2 Å². The molecule has 24 heavy (non-hydrogen) atoms. The summed E-state index contributed by atoms with van der Waals surface area (Å²) in [7, 11) is 0.508. The number of benzene rings is 1. The van der Waals surface area contributed by atoms with Crippen molar-refractivity contribution >= 4 is 15.7 Å². The fraction of sp³-hybridized carbons (Fsp3) is 0.588. The number of rotatable bonds is 2. The first-order chi connectivity index (χ1) is 11.4. The van der Waals surface area contributed by atoms with Gasteiger partial charge < -0.3 is 14.5 Å². The van der Waals surface area contributed by atoms with Gasteiger partial charge in [0.15, 0.2) is 9.84 Å². The van der Waals surface area contributed by atoms with Crippen LogP contribution in [0.4, 0.5) is 0 Å². The maximum atomic E-state index is 12.7.